The number of amides is 2. The van der Waals surface area contributed by atoms with Gasteiger partial charge in [0.05, 0.1) is 17.1 Å². The molecule has 1 aromatic heterocycles. The van der Waals surface area contributed by atoms with Crippen LogP contribution in [0.1, 0.15) is 29.1 Å². The van der Waals surface area contributed by atoms with E-state index in [2.05, 4.69) is 39.3 Å². The Balaban J connectivity index is 1.14. The van der Waals surface area contributed by atoms with E-state index in [1.807, 2.05) is 29.3 Å². The van der Waals surface area contributed by atoms with Crippen LogP contribution in [-0.2, 0) is 22.6 Å². The first-order chi connectivity index (χ1) is 16.4. The maximum atomic E-state index is 12.5. The number of hydrogen-bond donors (Lipinski definition) is 1. The van der Waals surface area contributed by atoms with Crippen LogP contribution in [0, 0.1) is 6.92 Å². The summed E-state index contributed by atoms with van der Waals surface area (Å²) >= 11 is 1.59. The average molecular weight is 486 g/mol. The lowest BCUT2D eigenvalue weighted by atomic mass is 10.1. The first-order valence-electron chi connectivity index (χ1n) is 12.1. The van der Waals surface area contributed by atoms with Gasteiger partial charge >= 0.3 is 0 Å². The molecule has 0 spiro atoms. The summed E-state index contributed by atoms with van der Waals surface area (Å²) in [5.41, 5.74) is 2.08. The number of hydrogen-bond acceptors (Lipinski definition) is 7. The fraction of sp³-hybridized carbons (Fsp3) is 0.560. The van der Waals surface area contributed by atoms with Crippen LogP contribution in [0.15, 0.2) is 29.6 Å². The Morgan fingerprint density at radius 1 is 1.29 bits per heavy atom. The summed E-state index contributed by atoms with van der Waals surface area (Å²) in [7, 11) is 2.08. The summed E-state index contributed by atoms with van der Waals surface area (Å²) in [4.78, 5) is 34.9. The largest absolute Gasteiger partial charge is 0.492 e. The molecule has 4 rings (SSSR count). The third-order valence-electron chi connectivity index (χ3n) is 6.37. The van der Waals surface area contributed by atoms with Gasteiger partial charge in [0.15, 0.2) is 0 Å². The SMILES string of the molecule is Cc1nc(CC(=O)N2CCN(CCOc3cccc(CN(C)C[C@H]4CCC(=O)N4)c3)CC2)cs1. The van der Waals surface area contributed by atoms with Gasteiger partial charge in [-0.15, -0.1) is 11.3 Å². The predicted molar refractivity (Wildman–Crippen MR) is 133 cm³/mol. The summed E-state index contributed by atoms with van der Waals surface area (Å²) in [5, 5.41) is 6.01. The number of aryl methyl sites for hydroxylation is 1. The number of thiazole rings is 1. The molecular formula is C25H35N5O3S. The van der Waals surface area contributed by atoms with Gasteiger partial charge in [-0.3, -0.25) is 14.5 Å². The molecule has 2 saturated heterocycles. The van der Waals surface area contributed by atoms with Crippen LogP contribution < -0.4 is 10.1 Å². The molecule has 8 nitrogen and oxygen atoms in total. The molecule has 0 bridgehead atoms. The molecule has 2 aliphatic rings. The molecule has 184 valence electrons. The normalized spacial score (nSPS) is 19.0. The molecule has 2 aliphatic heterocycles. The third kappa shape index (κ3) is 7.25. The molecule has 1 aromatic carbocycles. The van der Waals surface area contributed by atoms with E-state index in [1.54, 1.807) is 11.3 Å². The standard InChI is InChI=1S/C25H35N5O3S/c1-19-26-22(18-34-19)15-25(32)30-10-8-29(9-11-30)12-13-33-23-5-3-4-20(14-23)16-28(2)17-21-6-7-24(31)27-21/h3-5,14,18,21H,6-13,15-17H2,1-2H3,(H,27,31)/t21-/m1/s1. The molecule has 0 aliphatic carbocycles. The van der Waals surface area contributed by atoms with Crippen molar-refractivity contribution in [3.05, 3.63) is 45.9 Å². The molecule has 1 N–H and O–H groups in total. The molecule has 2 amide bonds. The number of nitrogens with one attached hydrogen (secondary N) is 1. The molecule has 0 saturated carbocycles. The van der Waals surface area contributed by atoms with Crippen LogP contribution in [0.3, 0.4) is 0 Å². The Labute approximate surface area is 205 Å². The lowest BCUT2D eigenvalue weighted by Gasteiger charge is -2.34. The van der Waals surface area contributed by atoms with Crippen LogP contribution >= 0.6 is 11.3 Å². The summed E-state index contributed by atoms with van der Waals surface area (Å²) in [5.74, 6) is 1.21. The topological polar surface area (TPSA) is 78.0 Å². The Bertz CT molecular complexity index is 973. The number of carbonyl (C=O) groups is 2. The second-order valence-corrected chi connectivity index (χ2v) is 10.3. The Morgan fingerprint density at radius 2 is 2.12 bits per heavy atom. The van der Waals surface area contributed by atoms with Gasteiger partial charge in [0.2, 0.25) is 11.8 Å². The number of likely N-dealkylation sites (N-methyl/N-ethyl adjacent to an activating group) is 1. The summed E-state index contributed by atoms with van der Waals surface area (Å²) in [6.45, 7) is 8.36. The van der Waals surface area contributed by atoms with Gasteiger partial charge in [-0.05, 0) is 38.1 Å². The molecule has 9 heteroatoms. The first kappa shape index (κ1) is 24.6. The fourth-order valence-electron chi connectivity index (χ4n) is 4.57. The molecule has 34 heavy (non-hydrogen) atoms. The van der Waals surface area contributed by atoms with Crippen LogP contribution in [0.5, 0.6) is 5.75 Å². The van der Waals surface area contributed by atoms with E-state index in [4.69, 9.17) is 4.74 Å². The minimum Gasteiger partial charge on any atom is -0.492 e. The maximum absolute atomic E-state index is 12.5. The van der Waals surface area contributed by atoms with Crippen molar-refractivity contribution < 1.29 is 14.3 Å². The summed E-state index contributed by atoms with van der Waals surface area (Å²) in [6, 6.07) is 8.49. The Hall–Kier alpha value is -2.49. The highest BCUT2D eigenvalue weighted by Gasteiger charge is 2.23. The van der Waals surface area contributed by atoms with E-state index < -0.39 is 0 Å². The Kier molecular flexibility index (Phi) is 8.53. The number of benzene rings is 1. The van der Waals surface area contributed by atoms with Crippen molar-refractivity contribution >= 4 is 23.2 Å². The van der Waals surface area contributed by atoms with Gasteiger partial charge in [-0.1, -0.05) is 12.1 Å². The van der Waals surface area contributed by atoms with Crippen LogP contribution in [0.4, 0.5) is 0 Å². The van der Waals surface area contributed by atoms with E-state index in [0.29, 0.717) is 19.4 Å². The first-order valence-corrected chi connectivity index (χ1v) is 12.9. The van der Waals surface area contributed by atoms with E-state index in [-0.39, 0.29) is 17.9 Å². The quantitative estimate of drug-likeness (QED) is 0.554. The maximum Gasteiger partial charge on any atom is 0.228 e. The van der Waals surface area contributed by atoms with Gasteiger partial charge in [-0.25, -0.2) is 4.98 Å². The van der Waals surface area contributed by atoms with Gasteiger partial charge in [-0.2, -0.15) is 0 Å². The minimum absolute atomic E-state index is 0.160. The number of rotatable bonds is 10. The summed E-state index contributed by atoms with van der Waals surface area (Å²) < 4.78 is 6.03. The van der Waals surface area contributed by atoms with Gasteiger partial charge < -0.3 is 19.9 Å². The van der Waals surface area contributed by atoms with Crippen LogP contribution in [-0.4, -0.2) is 90.5 Å². The Morgan fingerprint density at radius 3 is 2.82 bits per heavy atom. The number of ether oxygens (including phenoxy) is 1. The summed E-state index contributed by atoms with van der Waals surface area (Å²) in [6.07, 6.45) is 1.95. The fourth-order valence-corrected chi connectivity index (χ4v) is 5.18. The van der Waals surface area contributed by atoms with Crippen molar-refractivity contribution in [3.63, 3.8) is 0 Å². The van der Waals surface area contributed by atoms with Crippen molar-refractivity contribution in [2.75, 3.05) is 52.9 Å². The van der Waals surface area contributed by atoms with E-state index >= 15 is 0 Å². The van der Waals surface area contributed by atoms with Gasteiger partial charge in [0.25, 0.3) is 0 Å². The lowest BCUT2D eigenvalue weighted by Crippen LogP contribution is -2.50. The molecule has 0 radical (unpaired) electrons. The molecular weight excluding hydrogens is 450 g/mol. The number of aromatic nitrogens is 1. The molecule has 0 unspecified atom stereocenters. The minimum atomic E-state index is 0.160. The highest BCUT2D eigenvalue weighted by atomic mass is 32.1. The van der Waals surface area contributed by atoms with Crippen LogP contribution in [0.25, 0.3) is 0 Å². The van der Waals surface area contributed by atoms with Crippen molar-refractivity contribution in [3.8, 4) is 5.75 Å². The average Bonchev–Trinajstić information content (AvgIpc) is 3.41. The molecule has 3 heterocycles. The van der Waals surface area contributed by atoms with Crippen molar-refractivity contribution in [1.82, 2.24) is 25.0 Å². The molecule has 1 atom stereocenters. The molecule has 2 aromatic rings. The second-order valence-electron chi connectivity index (χ2n) is 9.25. The van der Waals surface area contributed by atoms with Gasteiger partial charge in [0, 0.05) is 63.7 Å². The highest BCUT2D eigenvalue weighted by Crippen LogP contribution is 2.16. The molecule has 2 fully saturated rings. The number of carbonyl (C=O) groups excluding carboxylic acids is 2. The van der Waals surface area contributed by atoms with Crippen molar-refractivity contribution in [1.29, 1.82) is 0 Å². The van der Waals surface area contributed by atoms with Crippen molar-refractivity contribution in [2.45, 2.75) is 38.8 Å². The monoisotopic (exact) mass is 485 g/mol. The van der Waals surface area contributed by atoms with E-state index in [9.17, 15) is 9.59 Å². The van der Waals surface area contributed by atoms with E-state index in [1.165, 1.54) is 5.56 Å². The predicted octanol–water partition coefficient (Wildman–Crippen LogP) is 1.93. The number of nitrogens with zero attached hydrogens (tertiary/aromatic N) is 4. The smallest absolute Gasteiger partial charge is 0.228 e. The van der Waals surface area contributed by atoms with Gasteiger partial charge in [0.1, 0.15) is 12.4 Å². The zero-order valence-electron chi connectivity index (χ0n) is 20.2. The third-order valence-corrected chi connectivity index (χ3v) is 7.19. The van der Waals surface area contributed by atoms with E-state index in [0.717, 1.165) is 68.7 Å². The van der Waals surface area contributed by atoms with Crippen molar-refractivity contribution in [2.24, 2.45) is 0 Å². The number of piperazine rings is 1. The second kappa shape index (κ2) is 11.8. The lowest BCUT2D eigenvalue weighted by molar-refractivity contribution is -0.132. The zero-order chi connectivity index (χ0) is 23.9. The zero-order valence-corrected chi connectivity index (χ0v) is 21.0. The highest BCUT2D eigenvalue weighted by molar-refractivity contribution is 7.09. The van der Waals surface area contributed by atoms with Crippen LogP contribution in [0.2, 0.25) is 0 Å².